The van der Waals surface area contributed by atoms with Gasteiger partial charge >= 0.3 is 0 Å². The maximum Gasteiger partial charge on any atom is 0.249 e. The van der Waals surface area contributed by atoms with Crippen LogP contribution in [0.15, 0.2) is 66.7 Å². The molecule has 21 heavy (non-hydrogen) atoms. The van der Waals surface area contributed by atoms with Gasteiger partial charge in [0.15, 0.2) is 0 Å². The molecule has 6 N–H and O–H groups in total. The number of rotatable bonds is 1. The summed E-state index contributed by atoms with van der Waals surface area (Å²) < 4.78 is 0. The van der Waals surface area contributed by atoms with Crippen molar-refractivity contribution in [3.8, 4) is 0 Å². The van der Waals surface area contributed by atoms with Gasteiger partial charge in [-0.3, -0.25) is 4.79 Å². The van der Waals surface area contributed by atoms with Gasteiger partial charge in [-0.05, 0) is 29.0 Å². The molecule has 3 aromatic rings. The Morgan fingerprint density at radius 1 is 0.714 bits per heavy atom. The van der Waals surface area contributed by atoms with Crippen LogP contribution in [0.4, 0.5) is 11.4 Å². The van der Waals surface area contributed by atoms with Gasteiger partial charge in [-0.25, -0.2) is 0 Å². The van der Waals surface area contributed by atoms with Crippen LogP contribution in [-0.4, -0.2) is 5.91 Å². The third kappa shape index (κ3) is 3.51. The van der Waals surface area contributed by atoms with Gasteiger partial charge in [0, 0.05) is 5.56 Å². The zero-order valence-corrected chi connectivity index (χ0v) is 11.5. The Kier molecular flexibility index (Phi) is 4.41. The third-order valence-electron chi connectivity index (χ3n) is 3.05. The number of carbonyl (C=O) groups excluding carboxylic acids is 1. The molecule has 0 fully saturated rings. The normalized spacial score (nSPS) is 9.71. The maximum absolute atomic E-state index is 11.0. The Labute approximate surface area is 123 Å². The fourth-order valence-electron chi connectivity index (χ4n) is 1.95. The second-order valence-electron chi connectivity index (χ2n) is 4.52. The lowest BCUT2D eigenvalue weighted by Crippen LogP contribution is -2.11. The van der Waals surface area contributed by atoms with Crippen molar-refractivity contribution < 1.29 is 4.79 Å². The highest BCUT2D eigenvalue weighted by Gasteiger charge is 2.03. The molecule has 0 aliphatic carbocycles. The molecule has 0 saturated carbocycles. The van der Waals surface area contributed by atoms with Crippen molar-refractivity contribution in [3.05, 3.63) is 72.3 Å². The number of fused-ring (bicyclic) bond motifs is 1. The zero-order valence-electron chi connectivity index (χ0n) is 11.5. The van der Waals surface area contributed by atoms with Crippen LogP contribution >= 0.6 is 0 Å². The summed E-state index contributed by atoms with van der Waals surface area (Å²) in [6.07, 6.45) is 0. The van der Waals surface area contributed by atoms with Crippen LogP contribution in [0.5, 0.6) is 0 Å². The molecular formula is C17H17N3O. The van der Waals surface area contributed by atoms with Crippen molar-refractivity contribution in [2.45, 2.75) is 0 Å². The smallest absolute Gasteiger partial charge is 0.249 e. The van der Waals surface area contributed by atoms with Crippen molar-refractivity contribution in [2.75, 3.05) is 11.5 Å². The highest BCUT2D eigenvalue weighted by Crippen LogP contribution is 2.17. The first-order chi connectivity index (χ1) is 10.1. The number of hydrogen-bond donors (Lipinski definition) is 3. The minimum absolute atomic E-state index is 0.378. The molecule has 106 valence electrons. The Morgan fingerprint density at radius 2 is 1.24 bits per heavy atom. The topological polar surface area (TPSA) is 95.1 Å². The number of benzene rings is 3. The average molecular weight is 279 g/mol. The second kappa shape index (κ2) is 6.43. The fraction of sp³-hybridized carbons (Fsp3) is 0. The maximum atomic E-state index is 11.0. The third-order valence-corrected chi connectivity index (χ3v) is 3.05. The Hall–Kier alpha value is -3.01. The van der Waals surface area contributed by atoms with Crippen molar-refractivity contribution in [2.24, 2.45) is 5.73 Å². The van der Waals surface area contributed by atoms with E-state index in [9.17, 15) is 4.79 Å². The van der Waals surface area contributed by atoms with Gasteiger partial charge in [0.25, 0.3) is 0 Å². The first-order valence-electron chi connectivity index (χ1n) is 6.47. The van der Waals surface area contributed by atoms with Gasteiger partial charge in [0.1, 0.15) is 0 Å². The van der Waals surface area contributed by atoms with Gasteiger partial charge in [0.2, 0.25) is 5.91 Å². The number of nitrogens with two attached hydrogens (primary N) is 3. The predicted octanol–water partition coefficient (Wildman–Crippen LogP) is 2.79. The SMILES string of the molecule is NC(=O)c1cccc2ccccc12.Nc1ccccc1N. The molecule has 0 spiro atoms. The lowest BCUT2D eigenvalue weighted by atomic mass is 10.0. The molecule has 0 heterocycles. The Balaban J connectivity index is 0.000000173. The molecule has 0 radical (unpaired) electrons. The van der Waals surface area contributed by atoms with Gasteiger partial charge in [-0.15, -0.1) is 0 Å². The van der Waals surface area contributed by atoms with Crippen molar-refractivity contribution in [1.82, 2.24) is 0 Å². The Morgan fingerprint density at radius 3 is 1.81 bits per heavy atom. The minimum Gasteiger partial charge on any atom is -0.397 e. The van der Waals surface area contributed by atoms with Gasteiger partial charge in [0.05, 0.1) is 11.4 Å². The molecule has 4 heteroatoms. The molecule has 3 aromatic carbocycles. The largest absolute Gasteiger partial charge is 0.397 e. The summed E-state index contributed by atoms with van der Waals surface area (Å²) in [4.78, 5) is 11.0. The summed E-state index contributed by atoms with van der Waals surface area (Å²) in [6.45, 7) is 0. The first kappa shape index (κ1) is 14.4. The van der Waals surface area contributed by atoms with Crippen LogP contribution in [-0.2, 0) is 0 Å². The summed E-state index contributed by atoms with van der Waals surface area (Å²) in [6, 6.07) is 20.5. The van der Waals surface area contributed by atoms with E-state index in [2.05, 4.69) is 0 Å². The van der Waals surface area contributed by atoms with E-state index in [0.717, 1.165) is 10.8 Å². The van der Waals surface area contributed by atoms with Crippen LogP contribution < -0.4 is 17.2 Å². The number of primary amides is 1. The van der Waals surface area contributed by atoms with Crippen LogP contribution in [0.3, 0.4) is 0 Å². The van der Waals surface area contributed by atoms with Crippen LogP contribution in [0.2, 0.25) is 0 Å². The molecule has 0 unspecified atom stereocenters. The summed E-state index contributed by atoms with van der Waals surface area (Å²) in [5.41, 5.74) is 17.9. The number of hydrogen-bond acceptors (Lipinski definition) is 3. The fourth-order valence-corrected chi connectivity index (χ4v) is 1.95. The predicted molar refractivity (Wildman–Crippen MR) is 87.7 cm³/mol. The number of anilines is 2. The van der Waals surface area contributed by atoms with E-state index in [1.54, 1.807) is 18.2 Å². The van der Waals surface area contributed by atoms with Crippen molar-refractivity contribution in [1.29, 1.82) is 0 Å². The molecule has 3 rings (SSSR count). The monoisotopic (exact) mass is 279 g/mol. The zero-order chi connectivity index (χ0) is 15.2. The standard InChI is InChI=1S/C11H9NO.C6H8N2/c12-11(13)10-7-3-5-8-4-1-2-6-9(8)10;7-5-3-1-2-4-6(5)8/h1-7H,(H2,12,13);1-4H,7-8H2. The van der Waals surface area contributed by atoms with Crippen molar-refractivity contribution >= 4 is 28.1 Å². The molecule has 1 amide bonds. The van der Waals surface area contributed by atoms with Gasteiger partial charge < -0.3 is 17.2 Å². The minimum atomic E-state index is -0.378. The van der Waals surface area contributed by atoms with E-state index >= 15 is 0 Å². The summed E-state index contributed by atoms with van der Waals surface area (Å²) in [5, 5.41) is 1.95. The molecule has 4 nitrogen and oxygen atoms in total. The first-order valence-corrected chi connectivity index (χ1v) is 6.47. The lowest BCUT2D eigenvalue weighted by Gasteiger charge is -2.01. The van der Waals surface area contributed by atoms with E-state index in [-0.39, 0.29) is 5.91 Å². The summed E-state index contributed by atoms with van der Waals surface area (Å²) in [7, 11) is 0. The highest BCUT2D eigenvalue weighted by molar-refractivity contribution is 6.06. The van der Waals surface area contributed by atoms with E-state index < -0.39 is 0 Å². The van der Waals surface area contributed by atoms with Crippen LogP contribution in [0.1, 0.15) is 10.4 Å². The average Bonchev–Trinajstić information content (AvgIpc) is 2.50. The van der Waals surface area contributed by atoms with Gasteiger partial charge in [-0.2, -0.15) is 0 Å². The number of carbonyl (C=O) groups is 1. The van der Waals surface area contributed by atoms with E-state index in [0.29, 0.717) is 16.9 Å². The molecule has 0 aromatic heterocycles. The van der Waals surface area contributed by atoms with Crippen molar-refractivity contribution in [3.63, 3.8) is 0 Å². The Bertz CT molecular complexity index is 742. The molecule has 0 aliphatic rings. The summed E-state index contributed by atoms with van der Waals surface area (Å²) in [5.74, 6) is -0.378. The quantitative estimate of drug-likeness (QED) is 0.598. The number of nitrogen functional groups attached to an aromatic ring is 2. The van der Waals surface area contributed by atoms with Crippen LogP contribution in [0.25, 0.3) is 10.8 Å². The van der Waals surface area contributed by atoms with E-state index in [1.807, 2.05) is 48.5 Å². The molecule has 0 saturated heterocycles. The molecular weight excluding hydrogens is 262 g/mol. The molecule has 0 bridgehead atoms. The van der Waals surface area contributed by atoms with E-state index in [1.165, 1.54) is 0 Å². The molecule has 0 atom stereocenters. The van der Waals surface area contributed by atoms with E-state index in [4.69, 9.17) is 17.2 Å². The van der Waals surface area contributed by atoms with Crippen LogP contribution in [0, 0.1) is 0 Å². The number of para-hydroxylation sites is 2. The summed E-state index contributed by atoms with van der Waals surface area (Å²) >= 11 is 0. The second-order valence-corrected chi connectivity index (χ2v) is 4.52. The molecule has 0 aliphatic heterocycles. The lowest BCUT2D eigenvalue weighted by molar-refractivity contribution is 0.100. The highest BCUT2D eigenvalue weighted by atomic mass is 16.1. The van der Waals surface area contributed by atoms with Gasteiger partial charge in [-0.1, -0.05) is 48.5 Å². The number of amides is 1.